The van der Waals surface area contributed by atoms with E-state index in [4.69, 9.17) is 0 Å². The summed E-state index contributed by atoms with van der Waals surface area (Å²) in [5, 5.41) is 2.66. The van der Waals surface area contributed by atoms with Gasteiger partial charge in [0.1, 0.15) is 0 Å². The van der Waals surface area contributed by atoms with Gasteiger partial charge in [-0.3, -0.25) is 6.08 Å². The number of hydrogen-bond acceptors (Lipinski definition) is 0. The molecule has 0 unspecified atom stereocenters. The quantitative estimate of drug-likeness (QED) is 0.443. The maximum absolute atomic E-state index is 3.22. The molecule has 0 saturated carbocycles. The average Bonchev–Trinajstić information content (AvgIpc) is 3.01. The first-order valence-electron chi connectivity index (χ1n) is 5.70. The molecule has 4 radical (unpaired) electrons. The molecule has 0 aliphatic heterocycles. The van der Waals surface area contributed by atoms with Crippen molar-refractivity contribution in [3.05, 3.63) is 96.0 Å². The third-order valence-electron chi connectivity index (χ3n) is 2.42. The smallest absolute Gasteiger partial charge is 0.0809 e. The first kappa shape index (κ1) is 29.5. The average molecular weight is 358 g/mol. The fraction of sp³-hybridized carbons (Fsp3) is 0.105. The van der Waals surface area contributed by atoms with Gasteiger partial charge in [0.2, 0.25) is 0 Å². The summed E-state index contributed by atoms with van der Waals surface area (Å²) in [6, 6.07) is 14.7. The second kappa shape index (κ2) is 18.5. The maximum Gasteiger partial charge on any atom is -0.0809 e. The van der Waals surface area contributed by atoms with Gasteiger partial charge in [0.05, 0.1) is 0 Å². The van der Waals surface area contributed by atoms with Gasteiger partial charge >= 0.3 is 31.9 Å². The summed E-state index contributed by atoms with van der Waals surface area (Å²) in [6.45, 7) is 2.08. The second-order valence-electron chi connectivity index (χ2n) is 3.78. The second-order valence-corrected chi connectivity index (χ2v) is 8.29. The van der Waals surface area contributed by atoms with E-state index in [1.54, 1.807) is 0 Å². The van der Waals surface area contributed by atoms with Crippen LogP contribution in [0.1, 0.15) is 13.3 Å². The molecule has 3 rings (SSSR count). The zero-order valence-electron chi connectivity index (χ0n) is 14.4. The van der Waals surface area contributed by atoms with Crippen molar-refractivity contribution < 1.29 is 16.6 Å². The Labute approximate surface area is 151 Å². The standard InChI is InChI=1S/C9H7.C6H7.4CH3.2Si.Ti/c1-2-5-9-7-3-6-8(9)4-1;1-6-4-2-3-5-6;;;;;;;/h1-7H;4-5H,2H2,1H3;4*1H3;;;/q6*-1;;;. The molecule has 0 amide bonds. The molecule has 0 fully saturated rings. The molecular formula is C19H26Si2Ti-6. The predicted molar refractivity (Wildman–Crippen MR) is 103 cm³/mol. The molecule has 0 bridgehead atoms. The normalized spacial score (nSPS) is 9.59. The topological polar surface area (TPSA) is 0 Å². The van der Waals surface area contributed by atoms with E-state index < -0.39 is 0 Å². The Hall–Kier alpha value is -0.542. The van der Waals surface area contributed by atoms with E-state index in [0.29, 0.717) is 0 Å². The Bertz CT molecular complexity index is 541. The van der Waals surface area contributed by atoms with Crippen LogP contribution >= 0.6 is 0 Å². The van der Waals surface area contributed by atoms with Gasteiger partial charge < -0.3 is 29.7 Å². The van der Waals surface area contributed by atoms with Crippen molar-refractivity contribution in [3.8, 4) is 0 Å². The minimum Gasteiger partial charge on any atom is -0.168 e. The summed E-state index contributed by atoms with van der Waals surface area (Å²) in [5.41, 5.74) is 1.34. The van der Waals surface area contributed by atoms with Crippen molar-refractivity contribution in [1.82, 2.24) is 0 Å². The summed E-state index contributed by atoms with van der Waals surface area (Å²) in [6.07, 6.45) is 8.24. The Balaban J connectivity index is -0.000000112. The van der Waals surface area contributed by atoms with E-state index in [-0.39, 0.29) is 46.3 Å². The molecule has 0 N–H and O–H groups in total. The number of allylic oxidation sites excluding steroid dienone is 4. The maximum atomic E-state index is 3.22. The van der Waals surface area contributed by atoms with Crippen molar-refractivity contribution in [2.45, 2.75) is 13.3 Å². The van der Waals surface area contributed by atoms with Crippen LogP contribution in [-0.2, 0) is 16.6 Å². The van der Waals surface area contributed by atoms with Crippen molar-refractivity contribution in [3.63, 3.8) is 0 Å². The van der Waals surface area contributed by atoms with E-state index in [2.05, 4.69) is 76.8 Å². The monoisotopic (exact) mass is 358 g/mol. The van der Waals surface area contributed by atoms with Gasteiger partial charge in [0.25, 0.3) is 0 Å². The van der Waals surface area contributed by atoms with E-state index in [1.165, 1.54) is 16.3 Å². The molecule has 0 aromatic heterocycles. The summed E-state index contributed by atoms with van der Waals surface area (Å²) in [5.74, 6) is 0. The molecule has 0 heterocycles. The third-order valence-corrected chi connectivity index (χ3v) is 2.42. The molecule has 0 nitrogen and oxygen atoms in total. The number of benzene rings is 1. The van der Waals surface area contributed by atoms with E-state index >= 15 is 0 Å². The Morgan fingerprint density at radius 3 is 2.05 bits per heavy atom. The van der Waals surface area contributed by atoms with Crippen molar-refractivity contribution in [2.24, 2.45) is 0 Å². The molecule has 2 aromatic carbocycles. The van der Waals surface area contributed by atoms with Gasteiger partial charge in [-0.15, -0.1) is 43.0 Å². The Morgan fingerprint density at radius 2 is 1.64 bits per heavy atom. The van der Waals surface area contributed by atoms with Gasteiger partial charge in [0, 0.05) is 0 Å². The summed E-state index contributed by atoms with van der Waals surface area (Å²) < 4.78 is 0. The van der Waals surface area contributed by atoms with Crippen LogP contribution < -0.4 is 0 Å². The molecule has 1 aliphatic carbocycles. The first-order valence-corrected chi connectivity index (χ1v) is 11.4. The number of rotatable bonds is 0. The fourth-order valence-corrected chi connectivity index (χ4v) is 1.57. The summed E-state index contributed by atoms with van der Waals surface area (Å²) in [4.78, 5) is 0. The molecule has 2 aromatic rings. The molecule has 0 spiro atoms. The van der Waals surface area contributed by atoms with Crippen molar-refractivity contribution in [1.29, 1.82) is 0 Å². The van der Waals surface area contributed by atoms with Gasteiger partial charge in [-0.05, 0) is 0 Å². The Kier molecular flexibility index (Phi) is 24.8. The minimum atomic E-state index is 0. The third kappa shape index (κ3) is 12.0. The molecule has 0 atom stereocenters. The fourth-order valence-electron chi connectivity index (χ4n) is 1.57. The van der Waals surface area contributed by atoms with E-state index in [9.17, 15) is 0 Å². The predicted octanol–water partition coefficient (Wildman–Crippen LogP) is 5.29. The molecule has 22 heavy (non-hydrogen) atoms. The molecule has 3 heteroatoms. The number of hydrogen-bond donors (Lipinski definition) is 0. The Morgan fingerprint density at radius 1 is 1.05 bits per heavy atom. The largest absolute Gasteiger partial charge is 0.168 e. The van der Waals surface area contributed by atoms with Crippen LogP contribution in [0, 0.1) is 35.8 Å². The van der Waals surface area contributed by atoms with Gasteiger partial charge in [0.15, 0.2) is 0 Å². The first-order chi connectivity index (χ1) is 8.77. The summed E-state index contributed by atoms with van der Waals surface area (Å²) in [7, 11) is 6.44. The zero-order valence-corrected chi connectivity index (χ0v) is 18.0. The van der Waals surface area contributed by atoms with Crippen LogP contribution in [0.25, 0.3) is 10.8 Å². The van der Waals surface area contributed by atoms with Crippen LogP contribution in [0.2, 0.25) is 0 Å². The molecular weight excluding hydrogens is 332 g/mol. The van der Waals surface area contributed by atoms with Gasteiger partial charge in [-0.2, -0.15) is 23.6 Å². The van der Waals surface area contributed by atoms with E-state index in [0.717, 1.165) is 6.42 Å². The SMILES string of the molecule is CC1=CC[C-]=C1.[CH3-].[CH3-].[CH3-].[CH3-].[Si]=[Ti]=[Si].c1ccc2[cH-]ccc2c1. The minimum absolute atomic E-state index is 0. The zero-order chi connectivity index (χ0) is 13.2. The van der Waals surface area contributed by atoms with E-state index in [1.807, 2.05) is 6.08 Å². The van der Waals surface area contributed by atoms with Crippen LogP contribution in [0.3, 0.4) is 0 Å². The van der Waals surface area contributed by atoms with Gasteiger partial charge in [-0.25, -0.2) is 11.6 Å². The molecule has 0 saturated heterocycles. The number of fused-ring (bicyclic) bond motifs is 1. The van der Waals surface area contributed by atoms with Crippen LogP contribution in [0.15, 0.2) is 60.2 Å². The van der Waals surface area contributed by atoms with Crippen LogP contribution in [0.4, 0.5) is 0 Å². The van der Waals surface area contributed by atoms with Crippen molar-refractivity contribution in [2.75, 3.05) is 0 Å². The summed E-state index contributed by atoms with van der Waals surface area (Å²) >= 11 is 0.111. The molecule has 1 aliphatic rings. The van der Waals surface area contributed by atoms with Crippen LogP contribution in [0.5, 0.6) is 0 Å². The van der Waals surface area contributed by atoms with Gasteiger partial charge in [-0.1, -0.05) is 6.07 Å². The van der Waals surface area contributed by atoms with Crippen molar-refractivity contribution >= 4 is 26.0 Å². The van der Waals surface area contributed by atoms with Crippen LogP contribution in [-0.4, -0.2) is 15.3 Å². The molecule has 120 valence electrons.